The lowest BCUT2D eigenvalue weighted by Gasteiger charge is -2.48. The predicted molar refractivity (Wildman–Crippen MR) is 253 cm³/mol. The predicted octanol–water partition coefficient (Wildman–Crippen LogP) is 6.74. The number of likely N-dealkylation sites (tertiary alicyclic amines) is 1. The molecule has 6 heterocycles. The molecule has 4 aliphatic rings. The second-order valence-corrected chi connectivity index (χ2v) is 20.5. The highest BCUT2D eigenvalue weighted by Crippen LogP contribution is 2.45. The number of amides is 4. The van der Waals surface area contributed by atoms with Crippen LogP contribution in [-0.2, 0) is 48.0 Å². The molecule has 2 saturated heterocycles. The number of carbonyl (C=O) groups is 5. The molecule has 8 rings (SSSR count). The van der Waals surface area contributed by atoms with Crippen LogP contribution < -0.4 is 10.7 Å². The van der Waals surface area contributed by atoms with Crippen molar-refractivity contribution in [3.8, 4) is 22.5 Å². The largest absolute Gasteiger partial charge is 0.464 e. The number of pyridine rings is 1. The maximum absolute atomic E-state index is 14.7. The van der Waals surface area contributed by atoms with E-state index in [1.165, 1.54) is 27.3 Å². The van der Waals surface area contributed by atoms with Gasteiger partial charge in [0, 0.05) is 97.1 Å². The van der Waals surface area contributed by atoms with Crippen molar-refractivity contribution in [1.29, 1.82) is 0 Å². The SMILES string of the molecule is C=CC(=O)C1CC[C@H]2[C@@H]1CN2C(=O)N(C)[C@H](C(=O)N[C@H]1Cc2nc(cs2)-c2ccc3c(c2)c(c(-c2cccnc2[C@H](C)OC)n3CC)CC(C)(C)COC(=O)[C@@H]2CCCN(N2)C1=O)C(C)C. The first-order valence-electron chi connectivity index (χ1n) is 23.4. The molecule has 1 saturated carbocycles. The molecule has 7 atom stereocenters. The number of nitrogens with one attached hydrogen (secondary N) is 2. The first kappa shape index (κ1) is 47.1. The highest BCUT2D eigenvalue weighted by molar-refractivity contribution is 7.10. The van der Waals surface area contributed by atoms with Crippen molar-refractivity contribution in [1.82, 2.24) is 40.1 Å². The number of urea groups is 1. The molecule has 16 heteroatoms. The first-order chi connectivity index (χ1) is 31.5. The van der Waals surface area contributed by atoms with Crippen molar-refractivity contribution >= 4 is 51.8 Å². The van der Waals surface area contributed by atoms with Gasteiger partial charge in [-0.3, -0.25) is 29.2 Å². The molecular weight excluding hydrogens is 857 g/mol. The lowest BCUT2D eigenvalue weighted by atomic mass is 9.83. The molecule has 4 amide bonds. The van der Waals surface area contributed by atoms with Gasteiger partial charge in [-0.25, -0.2) is 15.2 Å². The number of rotatable bonds is 10. The second-order valence-electron chi connectivity index (χ2n) is 19.5. The minimum Gasteiger partial charge on any atom is -0.464 e. The summed E-state index contributed by atoms with van der Waals surface area (Å²) in [5.74, 6) is -1.68. The number of allylic oxidation sites excluding steroid dienone is 1. The van der Waals surface area contributed by atoms with Gasteiger partial charge in [0.25, 0.3) is 5.91 Å². The molecule has 2 N–H and O–H groups in total. The van der Waals surface area contributed by atoms with Crippen molar-refractivity contribution in [3.63, 3.8) is 0 Å². The van der Waals surface area contributed by atoms with E-state index in [1.807, 2.05) is 32.2 Å². The maximum Gasteiger partial charge on any atom is 0.324 e. The number of ketones is 1. The zero-order valence-electron chi connectivity index (χ0n) is 39.5. The molecule has 1 aliphatic carbocycles. The van der Waals surface area contributed by atoms with Gasteiger partial charge in [-0.2, -0.15) is 0 Å². The fraction of sp³-hybridized carbons (Fsp3) is 0.540. The normalized spacial score (nSPS) is 23.9. The van der Waals surface area contributed by atoms with Crippen LogP contribution in [0.15, 0.2) is 54.6 Å². The highest BCUT2D eigenvalue weighted by atomic mass is 32.1. The van der Waals surface area contributed by atoms with Crippen LogP contribution in [-0.4, -0.2) is 117 Å². The van der Waals surface area contributed by atoms with Crippen LogP contribution in [0.5, 0.6) is 0 Å². The standard InChI is InChI=1S/C50H64N8O7S/c1-10-41(59)31-17-19-40-35(31)25-57(40)49(63)55(8)44(28(3)4)46(60)53-37-23-42-52-38(26-66-42)30-16-18-39-33(22-30)34(45(56(39)11-2)32-14-12-20-51-43(32)29(5)64-9)24-50(6,7)27-65-48(62)36-15-13-21-58(54-36)47(37)61/h10,12,14,16,18,20,22,26,28-29,31,35-37,40,44,54H,1,11,13,15,17,19,21,23-25,27H2,2-9H3,(H,53,60)/t29-,31?,35+,36-,37-,40-,44-/m0/s1. The van der Waals surface area contributed by atoms with E-state index in [4.69, 9.17) is 19.4 Å². The topological polar surface area (TPSA) is 168 Å². The Morgan fingerprint density at radius 3 is 2.67 bits per heavy atom. The number of fused-ring (bicyclic) bond motifs is 7. The summed E-state index contributed by atoms with van der Waals surface area (Å²) in [5.41, 5.74) is 9.29. The molecule has 0 spiro atoms. The molecular formula is C50H64N8O7S. The fourth-order valence-electron chi connectivity index (χ4n) is 10.7. The van der Waals surface area contributed by atoms with Crippen LogP contribution >= 0.6 is 11.3 Å². The molecule has 352 valence electrons. The number of benzene rings is 1. The van der Waals surface area contributed by atoms with Gasteiger partial charge in [0.1, 0.15) is 18.1 Å². The van der Waals surface area contributed by atoms with E-state index in [2.05, 4.69) is 66.9 Å². The van der Waals surface area contributed by atoms with E-state index in [0.717, 1.165) is 51.1 Å². The van der Waals surface area contributed by atoms with Crippen LogP contribution in [0.2, 0.25) is 0 Å². The number of likely N-dealkylation sites (N-methyl/N-ethyl adjacent to an activating group) is 1. The Morgan fingerprint density at radius 2 is 1.94 bits per heavy atom. The minimum absolute atomic E-state index is 0.0130. The van der Waals surface area contributed by atoms with Gasteiger partial charge in [-0.1, -0.05) is 40.3 Å². The number of aryl methyl sites for hydroxylation is 1. The van der Waals surface area contributed by atoms with Gasteiger partial charge in [0.05, 0.1) is 34.8 Å². The summed E-state index contributed by atoms with van der Waals surface area (Å²) in [5, 5.41) is 8.14. The van der Waals surface area contributed by atoms with E-state index >= 15 is 0 Å². The summed E-state index contributed by atoms with van der Waals surface area (Å²) in [4.78, 5) is 82.7. The van der Waals surface area contributed by atoms with Gasteiger partial charge >= 0.3 is 12.0 Å². The number of aromatic nitrogens is 3. The Labute approximate surface area is 391 Å². The number of cyclic esters (lactones) is 1. The van der Waals surface area contributed by atoms with Crippen LogP contribution in [0.3, 0.4) is 0 Å². The number of methoxy groups -OCH3 is 1. The summed E-state index contributed by atoms with van der Waals surface area (Å²) in [6.07, 6.45) is 6.00. The Balaban J connectivity index is 1.14. The van der Waals surface area contributed by atoms with Crippen molar-refractivity contribution in [2.75, 3.05) is 33.9 Å². The summed E-state index contributed by atoms with van der Waals surface area (Å²) in [7, 11) is 3.31. The lowest BCUT2D eigenvalue weighted by Crippen LogP contribution is -2.65. The van der Waals surface area contributed by atoms with Crippen LogP contribution in [0.4, 0.5) is 4.79 Å². The number of hydrogen-bond acceptors (Lipinski definition) is 11. The van der Waals surface area contributed by atoms with Crippen molar-refractivity contribution < 1.29 is 33.4 Å². The number of ether oxygens (including phenoxy) is 2. The maximum atomic E-state index is 14.7. The zero-order chi connectivity index (χ0) is 47.2. The first-order valence-corrected chi connectivity index (χ1v) is 24.3. The van der Waals surface area contributed by atoms with Crippen molar-refractivity contribution in [2.24, 2.45) is 23.2 Å². The molecule has 4 aromatic rings. The van der Waals surface area contributed by atoms with Gasteiger partial charge in [-0.15, -0.1) is 11.3 Å². The molecule has 3 aliphatic heterocycles. The van der Waals surface area contributed by atoms with Crippen molar-refractivity contribution in [3.05, 3.63) is 70.8 Å². The Hall–Kier alpha value is -5.45. The molecule has 15 nitrogen and oxygen atoms in total. The van der Waals surface area contributed by atoms with Crippen LogP contribution in [0.1, 0.15) is 89.6 Å². The summed E-state index contributed by atoms with van der Waals surface area (Å²) in [6.45, 7) is 17.3. The highest BCUT2D eigenvalue weighted by Gasteiger charge is 2.53. The second kappa shape index (κ2) is 19.0. The lowest BCUT2D eigenvalue weighted by molar-refractivity contribution is -0.155. The van der Waals surface area contributed by atoms with E-state index in [1.54, 1.807) is 25.3 Å². The van der Waals surface area contributed by atoms with Gasteiger partial charge in [-0.05, 0) is 87.8 Å². The number of hydrazine groups is 1. The van der Waals surface area contributed by atoms with Gasteiger partial charge in [0.15, 0.2) is 5.78 Å². The average Bonchev–Trinajstić information content (AvgIpc) is 3.99. The van der Waals surface area contributed by atoms with Crippen LogP contribution in [0.25, 0.3) is 33.4 Å². The number of carbonyl (C=O) groups excluding carboxylic acids is 5. The molecule has 1 aromatic carbocycles. The third-order valence-electron chi connectivity index (χ3n) is 14.2. The third kappa shape index (κ3) is 8.91. The summed E-state index contributed by atoms with van der Waals surface area (Å²) in [6, 6.07) is 7.31. The van der Waals surface area contributed by atoms with Gasteiger partial charge in [0.2, 0.25) is 5.91 Å². The molecule has 3 fully saturated rings. The molecule has 3 aromatic heterocycles. The van der Waals surface area contributed by atoms with E-state index in [9.17, 15) is 24.0 Å². The summed E-state index contributed by atoms with van der Waals surface area (Å²) < 4.78 is 14.2. The average molecular weight is 921 g/mol. The fourth-order valence-corrected chi connectivity index (χ4v) is 11.6. The molecule has 6 bridgehead atoms. The molecule has 66 heavy (non-hydrogen) atoms. The molecule has 1 unspecified atom stereocenters. The van der Waals surface area contributed by atoms with E-state index in [0.29, 0.717) is 50.3 Å². The monoisotopic (exact) mass is 920 g/mol. The third-order valence-corrected chi connectivity index (χ3v) is 15.0. The van der Waals surface area contributed by atoms with E-state index < -0.39 is 41.3 Å². The Morgan fingerprint density at radius 1 is 1.15 bits per heavy atom. The molecule has 0 radical (unpaired) electrons. The number of hydrogen-bond donors (Lipinski definition) is 2. The smallest absolute Gasteiger partial charge is 0.324 e. The van der Waals surface area contributed by atoms with Crippen LogP contribution in [0, 0.1) is 23.2 Å². The van der Waals surface area contributed by atoms with Gasteiger partial charge < -0.3 is 29.2 Å². The Bertz CT molecular complexity index is 2530. The zero-order valence-corrected chi connectivity index (χ0v) is 40.3. The Kier molecular flexibility index (Phi) is 13.6. The van der Waals surface area contributed by atoms with E-state index in [-0.39, 0.29) is 54.7 Å². The number of esters is 1. The minimum atomic E-state index is -1.08. The van der Waals surface area contributed by atoms with Crippen molar-refractivity contribution in [2.45, 2.75) is 117 Å². The summed E-state index contributed by atoms with van der Waals surface area (Å²) >= 11 is 1.41. The quantitative estimate of drug-likeness (QED) is 0.128. The number of thiazole rings is 1. The number of nitrogens with zero attached hydrogens (tertiary/aromatic N) is 6.